The Balaban J connectivity index is 2.11. The molecule has 1 N–H and O–H groups in total. The van der Waals surface area contributed by atoms with Crippen LogP contribution in [-0.4, -0.2) is 27.6 Å². The summed E-state index contributed by atoms with van der Waals surface area (Å²) < 4.78 is 19.0. The van der Waals surface area contributed by atoms with Gasteiger partial charge in [0, 0.05) is 24.1 Å². The Morgan fingerprint density at radius 1 is 1.29 bits per heavy atom. The van der Waals surface area contributed by atoms with Crippen molar-refractivity contribution in [3.05, 3.63) is 59.8 Å². The SMILES string of the molecule is CCCCC1(CC)CN(c2ccccc2)c2cc(Cl)c(O/C=C/C(=O)O)cc2S(=O)C1. The minimum absolute atomic E-state index is 0.0908. The fourth-order valence-electron chi connectivity index (χ4n) is 3.93. The number of hydrogen-bond acceptors (Lipinski definition) is 4. The van der Waals surface area contributed by atoms with E-state index in [0.29, 0.717) is 15.7 Å². The third-order valence-corrected chi connectivity index (χ3v) is 7.75. The first-order chi connectivity index (χ1) is 14.9. The van der Waals surface area contributed by atoms with E-state index < -0.39 is 16.8 Å². The van der Waals surface area contributed by atoms with Gasteiger partial charge >= 0.3 is 5.97 Å². The molecule has 5 nitrogen and oxygen atoms in total. The molecule has 0 saturated heterocycles. The molecule has 0 aromatic heterocycles. The zero-order valence-electron chi connectivity index (χ0n) is 17.8. The van der Waals surface area contributed by atoms with E-state index in [0.717, 1.165) is 55.9 Å². The van der Waals surface area contributed by atoms with Gasteiger partial charge in [0.2, 0.25) is 0 Å². The molecular weight excluding hydrogens is 434 g/mol. The first-order valence-corrected chi connectivity index (χ1v) is 12.2. The van der Waals surface area contributed by atoms with Crippen LogP contribution in [0.2, 0.25) is 5.02 Å². The largest absolute Gasteiger partial charge is 0.478 e. The summed E-state index contributed by atoms with van der Waals surface area (Å²) in [5, 5.41) is 9.13. The Bertz CT molecular complexity index is 979. The van der Waals surface area contributed by atoms with Gasteiger partial charge in [-0.3, -0.25) is 4.21 Å². The molecule has 2 aromatic carbocycles. The number of nitrogens with zero attached hydrogens (tertiary/aromatic N) is 1. The first kappa shape index (κ1) is 23.4. The van der Waals surface area contributed by atoms with Crippen LogP contribution in [0.4, 0.5) is 11.4 Å². The summed E-state index contributed by atoms with van der Waals surface area (Å²) >= 11 is 6.49. The number of halogens is 1. The summed E-state index contributed by atoms with van der Waals surface area (Å²) in [7, 11) is -1.25. The second-order valence-corrected chi connectivity index (χ2v) is 9.70. The molecule has 0 saturated carbocycles. The van der Waals surface area contributed by atoms with Gasteiger partial charge in [-0.15, -0.1) is 0 Å². The molecule has 2 unspecified atom stereocenters. The second-order valence-electron chi connectivity index (χ2n) is 7.88. The van der Waals surface area contributed by atoms with Gasteiger partial charge in [0.25, 0.3) is 0 Å². The third kappa shape index (κ3) is 5.49. The highest BCUT2D eigenvalue weighted by Gasteiger charge is 2.38. The van der Waals surface area contributed by atoms with Gasteiger partial charge in [0.1, 0.15) is 5.75 Å². The predicted octanol–water partition coefficient (Wildman–Crippen LogP) is 6.16. The van der Waals surface area contributed by atoms with Gasteiger partial charge < -0.3 is 14.7 Å². The van der Waals surface area contributed by atoms with Crippen molar-refractivity contribution >= 4 is 39.7 Å². The highest BCUT2D eigenvalue weighted by molar-refractivity contribution is 7.85. The van der Waals surface area contributed by atoms with Crippen LogP contribution in [0.5, 0.6) is 5.75 Å². The van der Waals surface area contributed by atoms with Crippen molar-refractivity contribution in [3.63, 3.8) is 0 Å². The fraction of sp³-hybridized carbons (Fsp3) is 0.375. The predicted molar refractivity (Wildman–Crippen MR) is 126 cm³/mol. The van der Waals surface area contributed by atoms with Gasteiger partial charge in [-0.05, 0) is 36.5 Å². The van der Waals surface area contributed by atoms with E-state index in [1.807, 2.05) is 30.3 Å². The number of para-hydroxylation sites is 1. The lowest BCUT2D eigenvalue weighted by Crippen LogP contribution is -2.37. The summed E-state index contributed by atoms with van der Waals surface area (Å²) in [6.45, 7) is 5.10. The zero-order valence-corrected chi connectivity index (χ0v) is 19.4. The van der Waals surface area contributed by atoms with Crippen molar-refractivity contribution in [2.45, 2.75) is 44.4 Å². The zero-order chi connectivity index (χ0) is 22.4. The van der Waals surface area contributed by atoms with E-state index in [2.05, 4.69) is 18.7 Å². The standard InChI is InChI=1S/C24H28ClNO4S/c1-3-5-12-24(4-2)16-26(18-9-7-6-8-10-18)20-14-19(25)21(30-13-11-23(27)28)15-22(20)31(29)17-24/h6-11,13-15H,3-5,12,16-17H2,1-2H3,(H,27,28)/b13-11+. The minimum atomic E-state index is -1.25. The Kier molecular flexibility index (Phi) is 7.79. The molecule has 2 aromatic rings. The number of unbranched alkanes of at least 4 members (excludes halogenated alkanes) is 1. The maximum atomic E-state index is 13.5. The molecular formula is C24H28ClNO4S. The molecule has 31 heavy (non-hydrogen) atoms. The molecule has 0 bridgehead atoms. The van der Waals surface area contributed by atoms with Crippen molar-refractivity contribution < 1.29 is 18.8 Å². The van der Waals surface area contributed by atoms with Crippen LogP contribution in [0.25, 0.3) is 0 Å². The fourth-order valence-corrected chi connectivity index (χ4v) is 5.92. The quantitative estimate of drug-likeness (QED) is 0.376. The number of rotatable bonds is 8. The van der Waals surface area contributed by atoms with Crippen LogP contribution in [0.1, 0.15) is 39.5 Å². The van der Waals surface area contributed by atoms with Crippen LogP contribution in [0.15, 0.2) is 59.7 Å². The van der Waals surface area contributed by atoms with Crippen LogP contribution in [0.3, 0.4) is 0 Å². The van der Waals surface area contributed by atoms with Crippen molar-refractivity contribution in [1.82, 2.24) is 0 Å². The number of ether oxygens (including phenoxy) is 1. The van der Waals surface area contributed by atoms with E-state index in [1.54, 1.807) is 12.1 Å². The molecule has 7 heteroatoms. The van der Waals surface area contributed by atoms with Gasteiger partial charge in [-0.25, -0.2) is 4.79 Å². The van der Waals surface area contributed by atoms with E-state index in [9.17, 15) is 9.00 Å². The Labute approximate surface area is 191 Å². The summed E-state index contributed by atoms with van der Waals surface area (Å²) in [6.07, 6.45) is 6.06. The summed E-state index contributed by atoms with van der Waals surface area (Å²) in [4.78, 5) is 13.6. The topological polar surface area (TPSA) is 66.8 Å². The number of fused-ring (bicyclic) bond motifs is 1. The molecule has 166 valence electrons. The van der Waals surface area contributed by atoms with Crippen LogP contribution in [-0.2, 0) is 15.6 Å². The number of benzene rings is 2. The summed E-state index contributed by atoms with van der Waals surface area (Å²) in [6, 6.07) is 13.5. The molecule has 1 aliphatic rings. The number of carboxylic acids is 1. The van der Waals surface area contributed by atoms with Gasteiger partial charge in [0.05, 0.1) is 38.7 Å². The Hall–Kier alpha value is -2.31. The molecule has 0 fully saturated rings. The average Bonchev–Trinajstić information content (AvgIpc) is 2.88. The summed E-state index contributed by atoms with van der Waals surface area (Å²) in [5.74, 6) is -0.267. The molecule has 0 spiro atoms. The lowest BCUT2D eigenvalue weighted by atomic mass is 9.81. The highest BCUT2D eigenvalue weighted by atomic mass is 35.5. The normalized spacial score (nSPS) is 21.0. The lowest BCUT2D eigenvalue weighted by Gasteiger charge is -2.36. The van der Waals surface area contributed by atoms with Gasteiger partial charge in [0.15, 0.2) is 0 Å². The number of aliphatic carboxylic acids is 1. The number of hydrogen-bond donors (Lipinski definition) is 1. The number of anilines is 2. The van der Waals surface area contributed by atoms with Crippen molar-refractivity contribution in [3.8, 4) is 5.75 Å². The molecule has 0 radical (unpaired) electrons. The smallest absolute Gasteiger partial charge is 0.331 e. The van der Waals surface area contributed by atoms with Crippen LogP contribution < -0.4 is 9.64 Å². The molecule has 0 amide bonds. The van der Waals surface area contributed by atoms with E-state index in [1.165, 1.54) is 0 Å². The van der Waals surface area contributed by atoms with E-state index >= 15 is 0 Å². The first-order valence-electron chi connectivity index (χ1n) is 10.5. The Morgan fingerprint density at radius 2 is 2.03 bits per heavy atom. The van der Waals surface area contributed by atoms with E-state index in [4.69, 9.17) is 21.4 Å². The number of carbonyl (C=O) groups is 1. The molecule has 1 heterocycles. The van der Waals surface area contributed by atoms with Gasteiger partial charge in [-0.2, -0.15) is 0 Å². The third-order valence-electron chi connectivity index (χ3n) is 5.76. The molecule has 3 rings (SSSR count). The van der Waals surface area contributed by atoms with E-state index in [-0.39, 0.29) is 11.2 Å². The van der Waals surface area contributed by atoms with Crippen molar-refractivity contribution in [1.29, 1.82) is 0 Å². The molecule has 2 atom stereocenters. The highest BCUT2D eigenvalue weighted by Crippen LogP contribution is 2.45. The average molecular weight is 462 g/mol. The maximum absolute atomic E-state index is 13.5. The monoisotopic (exact) mass is 461 g/mol. The van der Waals surface area contributed by atoms with Crippen molar-refractivity contribution in [2.75, 3.05) is 17.2 Å². The van der Waals surface area contributed by atoms with Crippen LogP contribution >= 0.6 is 11.6 Å². The second kappa shape index (κ2) is 10.3. The maximum Gasteiger partial charge on any atom is 0.331 e. The summed E-state index contributed by atoms with van der Waals surface area (Å²) in [5.41, 5.74) is 1.73. The van der Waals surface area contributed by atoms with Crippen LogP contribution in [0, 0.1) is 5.41 Å². The molecule has 1 aliphatic heterocycles. The number of carboxylic acid groups (broad SMARTS) is 1. The Morgan fingerprint density at radius 3 is 2.68 bits per heavy atom. The van der Waals surface area contributed by atoms with Crippen molar-refractivity contribution in [2.24, 2.45) is 5.41 Å². The molecule has 0 aliphatic carbocycles. The minimum Gasteiger partial charge on any atom is -0.478 e. The lowest BCUT2D eigenvalue weighted by molar-refractivity contribution is -0.131. The van der Waals surface area contributed by atoms with Gasteiger partial charge in [-0.1, -0.05) is 56.5 Å².